The van der Waals surface area contributed by atoms with Crippen LogP contribution in [0.25, 0.3) is 0 Å². The van der Waals surface area contributed by atoms with Gasteiger partial charge in [-0.15, -0.1) is 0 Å². The number of rotatable bonds is 1. The number of benzene rings is 1. The highest BCUT2D eigenvalue weighted by Gasteiger charge is 2.29. The van der Waals surface area contributed by atoms with E-state index in [1.54, 1.807) is 18.2 Å². The highest BCUT2D eigenvalue weighted by molar-refractivity contribution is 6.32. The van der Waals surface area contributed by atoms with E-state index in [4.69, 9.17) is 11.6 Å². The van der Waals surface area contributed by atoms with Crippen LogP contribution >= 0.6 is 11.6 Å². The molecule has 1 fully saturated rings. The first-order valence-corrected chi connectivity index (χ1v) is 4.84. The Morgan fingerprint density at radius 1 is 1.40 bits per heavy atom. The van der Waals surface area contributed by atoms with Gasteiger partial charge in [0.05, 0.1) is 5.69 Å². The van der Waals surface area contributed by atoms with Gasteiger partial charge in [-0.3, -0.25) is 15.0 Å². The van der Waals surface area contributed by atoms with E-state index < -0.39 is 6.03 Å². The summed E-state index contributed by atoms with van der Waals surface area (Å²) in [6, 6.07) is 4.86. The zero-order valence-electron chi connectivity index (χ0n) is 8.08. The fourth-order valence-electron chi connectivity index (χ4n) is 1.52. The lowest BCUT2D eigenvalue weighted by Crippen LogP contribution is -2.28. The Labute approximate surface area is 91.8 Å². The topological polar surface area (TPSA) is 49.4 Å². The van der Waals surface area contributed by atoms with Crippen LogP contribution in [0.2, 0.25) is 5.02 Å². The first kappa shape index (κ1) is 9.98. The summed E-state index contributed by atoms with van der Waals surface area (Å²) in [5, 5.41) is 2.80. The Bertz CT molecular complexity index is 445. The smallest absolute Gasteiger partial charge is 0.284 e. The molecule has 0 radical (unpaired) electrons. The van der Waals surface area contributed by atoms with Gasteiger partial charge in [0.2, 0.25) is 5.91 Å². The van der Waals surface area contributed by atoms with Crippen LogP contribution in [0.4, 0.5) is 10.5 Å². The normalized spacial score (nSPS) is 15.7. The lowest BCUT2D eigenvalue weighted by atomic mass is 10.2. The van der Waals surface area contributed by atoms with Crippen LogP contribution in [0.3, 0.4) is 0 Å². The van der Waals surface area contributed by atoms with Gasteiger partial charge in [-0.25, -0.2) is 4.79 Å². The lowest BCUT2D eigenvalue weighted by Gasteiger charge is -2.16. The van der Waals surface area contributed by atoms with Gasteiger partial charge in [0, 0.05) is 5.02 Å². The molecule has 0 spiro atoms. The number of carbonyl (C=O) groups excluding carboxylic acids is 2. The van der Waals surface area contributed by atoms with Crippen LogP contribution in [0.15, 0.2) is 18.2 Å². The number of urea groups is 1. The molecule has 1 aromatic carbocycles. The standard InChI is InChI=1S/C10H9ClN2O2/c1-6-7(11)3-2-4-8(6)13-5-9(14)12-10(13)15/h2-4H,5H2,1H3,(H,12,14,15). The molecule has 0 atom stereocenters. The molecule has 15 heavy (non-hydrogen) atoms. The lowest BCUT2D eigenvalue weighted by molar-refractivity contribution is -0.117. The van der Waals surface area contributed by atoms with E-state index in [1.165, 1.54) is 4.90 Å². The van der Waals surface area contributed by atoms with Crippen LogP contribution in [-0.4, -0.2) is 18.5 Å². The van der Waals surface area contributed by atoms with Crippen LogP contribution in [0.5, 0.6) is 0 Å². The summed E-state index contributed by atoms with van der Waals surface area (Å²) >= 11 is 5.93. The summed E-state index contributed by atoms with van der Waals surface area (Å²) < 4.78 is 0. The first-order valence-electron chi connectivity index (χ1n) is 4.46. The van der Waals surface area contributed by atoms with Crippen molar-refractivity contribution in [2.75, 3.05) is 11.4 Å². The van der Waals surface area contributed by atoms with Gasteiger partial charge >= 0.3 is 6.03 Å². The SMILES string of the molecule is Cc1c(Cl)cccc1N1CC(=O)NC1=O. The molecule has 1 aromatic rings. The second-order valence-electron chi connectivity index (χ2n) is 3.32. The molecule has 78 valence electrons. The molecule has 5 heteroatoms. The number of nitrogens with zero attached hydrogens (tertiary/aromatic N) is 1. The van der Waals surface area contributed by atoms with Crippen molar-refractivity contribution in [1.29, 1.82) is 0 Å². The van der Waals surface area contributed by atoms with Gasteiger partial charge in [-0.05, 0) is 24.6 Å². The van der Waals surface area contributed by atoms with Crippen LogP contribution in [0, 0.1) is 6.92 Å². The minimum absolute atomic E-state index is 0.0556. The van der Waals surface area contributed by atoms with Crippen LogP contribution < -0.4 is 10.2 Å². The van der Waals surface area contributed by atoms with Crippen molar-refractivity contribution in [2.24, 2.45) is 0 Å². The van der Waals surface area contributed by atoms with Crippen LogP contribution in [-0.2, 0) is 4.79 Å². The van der Waals surface area contributed by atoms with E-state index >= 15 is 0 Å². The molecule has 1 N–H and O–H groups in total. The fourth-order valence-corrected chi connectivity index (χ4v) is 1.69. The summed E-state index contributed by atoms with van der Waals surface area (Å²) in [5.74, 6) is -0.292. The predicted molar refractivity (Wildman–Crippen MR) is 57.1 cm³/mol. The molecular formula is C10H9ClN2O2. The summed E-state index contributed by atoms with van der Waals surface area (Å²) in [5.41, 5.74) is 1.47. The fraction of sp³-hybridized carbons (Fsp3) is 0.200. The van der Waals surface area contributed by atoms with Gasteiger partial charge in [-0.2, -0.15) is 0 Å². The summed E-state index contributed by atoms with van der Waals surface area (Å²) in [4.78, 5) is 23.8. The Morgan fingerprint density at radius 3 is 2.73 bits per heavy atom. The van der Waals surface area contributed by atoms with E-state index in [1.807, 2.05) is 6.92 Å². The number of nitrogens with one attached hydrogen (secondary N) is 1. The quantitative estimate of drug-likeness (QED) is 0.739. The zero-order chi connectivity index (χ0) is 11.0. The summed E-state index contributed by atoms with van der Waals surface area (Å²) in [6.07, 6.45) is 0. The molecule has 0 aliphatic carbocycles. The number of imide groups is 1. The molecule has 0 saturated carbocycles. The van der Waals surface area contributed by atoms with E-state index in [2.05, 4.69) is 5.32 Å². The zero-order valence-corrected chi connectivity index (χ0v) is 8.84. The molecule has 3 amide bonds. The molecular weight excluding hydrogens is 216 g/mol. The van der Waals surface area contributed by atoms with Gasteiger partial charge in [0.1, 0.15) is 6.54 Å². The Morgan fingerprint density at radius 2 is 2.13 bits per heavy atom. The second-order valence-corrected chi connectivity index (χ2v) is 3.73. The highest BCUT2D eigenvalue weighted by Crippen LogP contribution is 2.27. The number of hydrogen-bond acceptors (Lipinski definition) is 2. The largest absolute Gasteiger partial charge is 0.329 e. The number of halogens is 1. The molecule has 1 aliphatic heterocycles. The average Bonchev–Trinajstić information content (AvgIpc) is 2.50. The van der Waals surface area contributed by atoms with Crippen molar-refractivity contribution in [3.05, 3.63) is 28.8 Å². The van der Waals surface area contributed by atoms with Crippen molar-refractivity contribution in [1.82, 2.24) is 5.32 Å². The molecule has 2 rings (SSSR count). The Hall–Kier alpha value is -1.55. The minimum Gasteiger partial charge on any atom is -0.284 e. The first-order chi connectivity index (χ1) is 7.09. The third kappa shape index (κ3) is 1.68. The maximum Gasteiger partial charge on any atom is 0.329 e. The third-order valence-corrected chi connectivity index (χ3v) is 2.73. The minimum atomic E-state index is -0.398. The predicted octanol–water partition coefficient (Wildman–Crippen LogP) is 1.70. The highest BCUT2D eigenvalue weighted by atomic mass is 35.5. The molecule has 4 nitrogen and oxygen atoms in total. The van der Waals surface area contributed by atoms with E-state index in [9.17, 15) is 9.59 Å². The van der Waals surface area contributed by atoms with Gasteiger partial charge in [0.25, 0.3) is 0 Å². The number of hydrogen-bond donors (Lipinski definition) is 1. The molecule has 0 unspecified atom stereocenters. The third-order valence-electron chi connectivity index (χ3n) is 2.32. The van der Waals surface area contributed by atoms with E-state index in [0.29, 0.717) is 10.7 Å². The molecule has 1 saturated heterocycles. The molecule has 0 bridgehead atoms. The number of carbonyl (C=O) groups is 2. The van der Waals surface area contributed by atoms with Gasteiger partial charge < -0.3 is 0 Å². The van der Waals surface area contributed by atoms with Gasteiger partial charge in [0.15, 0.2) is 0 Å². The van der Waals surface area contributed by atoms with Crippen molar-refractivity contribution in [2.45, 2.75) is 6.92 Å². The second kappa shape index (κ2) is 3.55. The molecule has 1 heterocycles. The van der Waals surface area contributed by atoms with Crippen molar-refractivity contribution < 1.29 is 9.59 Å². The van der Waals surface area contributed by atoms with Crippen molar-refractivity contribution >= 4 is 29.2 Å². The molecule has 1 aliphatic rings. The van der Waals surface area contributed by atoms with Crippen LogP contribution in [0.1, 0.15) is 5.56 Å². The average molecular weight is 225 g/mol. The van der Waals surface area contributed by atoms with Crippen molar-refractivity contribution in [3.63, 3.8) is 0 Å². The monoisotopic (exact) mass is 224 g/mol. The van der Waals surface area contributed by atoms with E-state index in [-0.39, 0.29) is 12.5 Å². The summed E-state index contributed by atoms with van der Waals surface area (Å²) in [7, 11) is 0. The maximum atomic E-state index is 11.4. The Kier molecular flexibility index (Phi) is 2.36. The summed E-state index contributed by atoms with van der Waals surface area (Å²) in [6.45, 7) is 1.87. The molecule has 0 aromatic heterocycles. The number of anilines is 1. The Balaban J connectivity index is 2.42. The maximum absolute atomic E-state index is 11.4. The number of amides is 3. The van der Waals surface area contributed by atoms with E-state index in [0.717, 1.165) is 5.56 Å². The van der Waals surface area contributed by atoms with Crippen molar-refractivity contribution in [3.8, 4) is 0 Å². The van der Waals surface area contributed by atoms with Gasteiger partial charge in [-0.1, -0.05) is 17.7 Å².